The number of rotatable bonds is 8. The number of nitrogens with zero attached hydrogens (tertiary/aromatic N) is 1. The number of hydrogen-bond acceptors (Lipinski definition) is 7. The average Bonchev–Trinajstić information content (AvgIpc) is 3.47. The number of amides is 2. The van der Waals surface area contributed by atoms with Gasteiger partial charge in [0.25, 0.3) is 5.24 Å². The van der Waals surface area contributed by atoms with Crippen molar-refractivity contribution in [3.05, 3.63) is 77.9 Å². The van der Waals surface area contributed by atoms with Crippen LogP contribution in [-0.2, 0) is 27.2 Å². The molecule has 198 valence electrons. The Hall–Kier alpha value is -2.91. The van der Waals surface area contributed by atoms with E-state index in [4.69, 9.17) is 14.2 Å². The van der Waals surface area contributed by atoms with Crippen molar-refractivity contribution >= 4 is 33.7 Å². The summed E-state index contributed by atoms with van der Waals surface area (Å²) in [5.74, 6) is 0.0628. The molecule has 3 heterocycles. The van der Waals surface area contributed by atoms with Crippen LogP contribution >= 0.6 is 11.8 Å². The normalized spacial score (nSPS) is 26.6. The molecule has 0 aromatic heterocycles. The molecule has 3 saturated heterocycles. The lowest BCUT2D eigenvalue weighted by molar-refractivity contribution is -0.162. The lowest BCUT2D eigenvalue weighted by atomic mass is 10.0. The fourth-order valence-electron chi connectivity index (χ4n) is 5.78. The van der Waals surface area contributed by atoms with Gasteiger partial charge >= 0.3 is 0 Å². The van der Waals surface area contributed by atoms with E-state index in [1.54, 1.807) is 0 Å². The lowest BCUT2D eigenvalue weighted by Gasteiger charge is -2.30. The number of imide groups is 1. The van der Waals surface area contributed by atoms with E-state index in [-0.39, 0.29) is 34.6 Å². The highest BCUT2D eigenvalue weighted by Gasteiger charge is 2.52. The van der Waals surface area contributed by atoms with Crippen molar-refractivity contribution in [1.29, 1.82) is 0 Å². The Morgan fingerprint density at radius 2 is 1.79 bits per heavy atom. The van der Waals surface area contributed by atoms with Crippen LogP contribution in [0, 0.1) is 0 Å². The number of carbonyl (C=O) groups is 2. The molecule has 1 N–H and O–H groups in total. The Balaban J connectivity index is 1.10. The van der Waals surface area contributed by atoms with Gasteiger partial charge in [-0.05, 0) is 60.7 Å². The minimum absolute atomic E-state index is 0.0303. The van der Waals surface area contributed by atoms with Crippen LogP contribution in [0.25, 0.3) is 10.8 Å². The van der Waals surface area contributed by atoms with Crippen LogP contribution in [0.15, 0.2) is 66.7 Å². The molecule has 3 aliphatic rings. The molecule has 3 aromatic rings. The summed E-state index contributed by atoms with van der Waals surface area (Å²) in [6.45, 7) is 6.26. The number of fused-ring (bicyclic) bond motifs is 2. The van der Waals surface area contributed by atoms with Gasteiger partial charge in [0.05, 0.1) is 11.9 Å². The summed E-state index contributed by atoms with van der Waals surface area (Å²) < 4.78 is 18.7. The molecule has 0 saturated carbocycles. The molecule has 6 rings (SSSR count). The van der Waals surface area contributed by atoms with Crippen molar-refractivity contribution in [1.82, 2.24) is 10.2 Å². The van der Waals surface area contributed by atoms with Gasteiger partial charge in [-0.15, -0.1) is 0 Å². The molecule has 0 spiro atoms. The molecular weight excluding hydrogens is 500 g/mol. The number of carbonyl (C=O) groups excluding carboxylic acids is 2. The predicted octanol–water partition coefficient (Wildman–Crippen LogP) is 4.91. The van der Waals surface area contributed by atoms with E-state index in [2.05, 4.69) is 46.6 Å². The van der Waals surface area contributed by atoms with Crippen LogP contribution < -0.4 is 10.1 Å². The van der Waals surface area contributed by atoms with Crippen molar-refractivity contribution in [3.8, 4) is 5.75 Å². The topological polar surface area (TPSA) is 77.1 Å². The highest BCUT2D eigenvalue weighted by atomic mass is 32.2. The van der Waals surface area contributed by atoms with Gasteiger partial charge in [-0.2, -0.15) is 0 Å². The average molecular weight is 533 g/mol. The highest BCUT2D eigenvalue weighted by Crippen LogP contribution is 2.38. The van der Waals surface area contributed by atoms with Crippen LogP contribution in [0.1, 0.15) is 31.4 Å². The quantitative estimate of drug-likeness (QED) is 0.442. The number of benzene rings is 3. The van der Waals surface area contributed by atoms with E-state index >= 15 is 0 Å². The largest absolute Gasteiger partial charge is 0.494 e. The molecule has 8 heteroatoms. The monoisotopic (exact) mass is 532 g/mol. The SMILES string of the molecule is CC1(C)O[C@@H]2CN(Cc3ccccc3)C(CCOc3ccc4cc(CC5SC(=O)NC5=O)ccc4c3)[C@@H]2O1. The summed E-state index contributed by atoms with van der Waals surface area (Å²) >= 11 is 1.06. The molecule has 0 radical (unpaired) electrons. The first kappa shape index (κ1) is 25.4. The molecule has 3 fully saturated rings. The molecule has 38 heavy (non-hydrogen) atoms. The number of nitrogens with one attached hydrogen (secondary N) is 1. The summed E-state index contributed by atoms with van der Waals surface area (Å²) in [6.07, 6.45) is 1.47. The number of ether oxygens (including phenoxy) is 3. The second-order valence-electron chi connectivity index (χ2n) is 10.7. The molecule has 3 aromatic carbocycles. The van der Waals surface area contributed by atoms with Crippen LogP contribution in [0.3, 0.4) is 0 Å². The van der Waals surface area contributed by atoms with E-state index in [9.17, 15) is 9.59 Å². The lowest BCUT2D eigenvalue weighted by Crippen LogP contribution is -2.39. The smallest absolute Gasteiger partial charge is 0.286 e. The van der Waals surface area contributed by atoms with Crippen molar-refractivity contribution < 1.29 is 23.8 Å². The van der Waals surface area contributed by atoms with E-state index in [1.807, 2.05) is 44.2 Å². The Labute approximate surface area is 226 Å². The number of likely N-dealkylation sites (tertiary alicyclic amines) is 1. The van der Waals surface area contributed by atoms with Crippen LogP contribution in [-0.4, -0.2) is 58.5 Å². The first-order valence-electron chi connectivity index (χ1n) is 13.1. The predicted molar refractivity (Wildman–Crippen MR) is 147 cm³/mol. The van der Waals surface area contributed by atoms with Gasteiger partial charge in [-0.1, -0.05) is 66.4 Å². The van der Waals surface area contributed by atoms with E-state index in [0.29, 0.717) is 13.0 Å². The minimum Gasteiger partial charge on any atom is -0.494 e. The van der Waals surface area contributed by atoms with E-state index in [1.165, 1.54) is 5.56 Å². The molecular formula is C30H32N2O5S. The molecule has 3 aliphatic heterocycles. The summed E-state index contributed by atoms with van der Waals surface area (Å²) in [5.41, 5.74) is 2.31. The van der Waals surface area contributed by atoms with Crippen molar-refractivity contribution in [2.24, 2.45) is 0 Å². The summed E-state index contributed by atoms with van der Waals surface area (Å²) in [7, 11) is 0. The molecule has 2 unspecified atom stereocenters. The maximum absolute atomic E-state index is 11.9. The number of thioether (sulfide) groups is 1. The zero-order valence-corrected chi connectivity index (χ0v) is 22.4. The zero-order chi connectivity index (χ0) is 26.3. The Kier molecular flexibility index (Phi) is 6.90. The molecule has 7 nitrogen and oxygen atoms in total. The number of hydrogen-bond donors (Lipinski definition) is 1. The first-order chi connectivity index (χ1) is 18.3. The van der Waals surface area contributed by atoms with Gasteiger partial charge in [0.2, 0.25) is 5.91 Å². The maximum atomic E-state index is 11.9. The van der Waals surface area contributed by atoms with Gasteiger partial charge < -0.3 is 14.2 Å². The summed E-state index contributed by atoms with van der Waals surface area (Å²) in [4.78, 5) is 25.8. The Morgan fingerprint density at radius 3 is 2.58 bits per heavy atom. The van der Waals surface area contributed by atoms with Crippen molar-refractivity contribution in [2.75, 3.05) is 13.2 Å². The van der Waals surface area contributed by atoms with Gasteiger partial charge in [-0.25, -0.2) is 0 Å². The third kappa shape index (κ3) is 5.45. The Bertz CT molecular complexity index is 1350. The van der Waals surface area contributed by atoms with Gasteiger partial charge in [-0.3, -0.25) is 19.8 Å². The summed E-state index contributed by atoms with van der Waals surface area (Å²) in [5, 5.41) is 3.88. The standard InChI is InChI=1S/C30H32N2O5S/c1-30(2)36-25-18-32(17-19-6-4-3-5-7-19)24(27(25)37-30)12-13-35-23-11-10-21-14-20(8-9-22(21)16-23)15-26-28(33)31-29(34)38-26/h3-11,14,16,24-27H,12-13,15,17-18H2,1-2H3,(H,31,33,34)/t24?,25-,26?,27+/m1/s1. The van der Waals surface area contributed by atoms with Crippen molar-refractivity contribution in [2.45, 2.75) is 62.5 Å². The van der Waals surface area contributed by atoms with E-state index < -0.39 is 5.79 Å². The van der Waals surface area contributed by atoms with Crippen LogP contribution in [0.5, 0.6) is 5.75 Å². The van der Waals surface area contributed by atoms with Crippen LogP contribution in [0.4, 0.5) is 4.79 Å². The van der Waals surface area contributed by atoms with Crippen molar-refractivity contribution in [3.63, 3.8) is 0 Å². The molecule has 0 bridgehead atoms. The van der Waals surface area contributed by atoms with Gasteiger partial charge in [0, 0.05) is 19.1 Å². The molecule has 4 atom stereocenters. The van der Waals surface area contributed by atoms with Crippen LogP contribution in [0.2, 0.25) is 0 Å². The van der Waals surface area contributed by atoms with Gasteiger partial charge in [0.15, 0.2) is 5.79 Å². The fraction of sp³-hybridized carbons (Fsp3) is 0.400. The zero-order valence-electron chi connectivity index (χ0n) is 21.6. The first-order valence-corrected chi connectivity index (χ1v) is 14.0. The highest BCUT2D eigenvalue weighted by molar-refractivity contribution is 8.15. The molecule has 2 amide bonds. The van der Waals surface area contributed by atoms with Gasteiger partial charge in [0.1, 0.15) is 18.0 Å². The second-order valence-corrected chi connectivity index (χ2v) is 11.9. The third-order valence-electron chi connectivity index (χ3n) is 7.46. The molecule has 0 aliphatic carbocycles. The third-order valence-corrected chi connectivity index (χ3v) is 8.44. The maximum Gasteiger partial charge on any atom is 0.286 e. The Morgan fingerprint density at radius 1 is 1.00 bits per heavy atom. The summed E-state index contributed by atoms with van der Waals surface area (Å²) in [6, 6.07) is 23.0. The van der Waals surface area contributed by atoms with E-state index in [0.717, 1.165) is 53.4 Å². The fourth-order valence-corrected chi connectivity index (χ4v) is 6.64. The second kappa shape index (κ2) is 10.3. The minimum atomic E-state index is -0.555.